The molecule has 0 aliphatic carbocycles. The third kappa shape index (κ3) is 3.89. The average Bonchev–Trinajstić information content (AvgIpc) is 3.16. The van der Waals surface area contributed by atoms with Gasteiger partial charge in [-0.1, -0.05) is 18.2 Å². The minimum atomic E-state index is 0.0256. The van der Waals surface area contributed by atoms with Crippen LogP contribution in [0.15, 0.2) is 42.2 Å². The Kier molecular flexibility index (Phi) is 5.05. The first-order valence-electron chi connectivity index (χ1n) is 7.88. The summed E-state index contributed by atoms with van der Waals surface area (Å²) in [4.78, 5) is 21.9. The minimum Gasteiger partial charge on any atom is -0.331 e. The maximum absolute atomic E-state index is 12.3. The molecule has 0 aliphatic rings. The van der Waals surface area contributed by atoms with E-state index in [1.54, 1.807) is 17.5 Å². The lowest BCUT2D eigenvalue weighted by atomic mass is 10.1. The molecule has 2 aromatic heterocycles. The van der Waals surface area contributed by atoms with Crippen LogP contribution in [0.3, 0.4) is 0 Å². The number of amides is 1. The second-order valence-corrected chi connectivity index (χ2v) is 6.61. The van der Waals surface area contributed by atoms with Gasteiger partial charge >= 0.3 is 0 Å². The lowest BCUT2D eigenvalue weighted by molar-refractivity contribution is -0.116. The number of aromatic nitrogens is 3. The fraction of sp³-hybridized carbons (Fsp3) is 0.278. The first-order chi connectivity index (χ1) is 11.6. The number of hydrogen-bond donors (Lipinski definition) is 1. The SMILES string of the molecule is Cc1ncsc1CCC(=O)Nc1ccccc1Cn1ccnc1C. The predicted octanol–water partition coefficient (Wildman–Crippen LogP) is 3.58. The van der Waals surface area contributed by atoms with Crippen LogP contribution in [0.1, 0.15) is 28.4 Å². The highest BCUT2D eigenvalue weighted by atomic mass is 32.1. The van der Waals surface area contributed by atoms with Crippen LogP contribution in [0.4, 0.5) is 5.69 Å². The van der Waals surface area contributed by atoms with Crippen molar-refractivity contribution in [3.63, 3.8) is 0 Å². The summed E-state index contributed by atoms with van der Waals surface area (Å²) in [6.07, 6.45) is 4.92. The van der Waals surface area contributed by atoms with Crippen LogP contribution in [0.25, 0.3) is 0 Å². The summed E-state index contributed by atoms with van der Waals surface area (Å²) in [5, 5.41) is 3.04. The molecule has 0 radical (unpaired) electrons. The molecule has 3 rings (SSSR count). The summed E-state index contributed by atoms with van der Waals surface area (Å²) in [6.45, 7) is 4.64. The van der Waals surface area contributed by atoms with Gasteiger partial charge in [-0.25, -0.2) is 9.97 Å². The zero-order valence-corrected chi connectivity index (χ0v) is 14.6. The van der Waals surface area contributed by atoms with Crippen molar-refractivity contribution in [1.82, 2.24) is 14.5 Å². The van der Waals surface area contributed by atoms with Crippen LogP contribution >= 0.6 is 11.3 Å². The number of hydrogen-bond acceptors (Lipinski definition) is 4. The third-order valence-corrected chi connectivity index (χ3v) is 4.97. The number of aryl methyl sites for hydroxylation is 3. The van der Waals surface area contributed by atoms with Crippen molar-refractivity contribution in [3.05, 3.63) is 64.1 Å². The molecule has 0 aliphatic heterocycles. The fourth-order valence-corrected chi connectivity index (χ4v) is 3.32. The number of imidazole rings is 1. The number of anilines is 1. The number of carbonyl (C=O) groups is 1. The monoisotopic (exact) mass is 340 g/mol. The van der Waals surface area contributed by atoms with E-state index in [1.807, 2.05) is 49.8 Å². The van der Waals surface area contributed by atoms with Gasteiger partial charge in [0.05, 0.1) is 17.7 Å². The van der Waals surface area contributed by atoms with Crippen molar-refractivity contribution in [1.29, 1.82) is 0 Å². The zero-order valence-electron chi connectivity index (χ0n) is 13.8. The number of para-hydroxylation sites is 1. The van der Waals surface area contributed by atoms with Crippen LogP contribution in [0.2, 0.25) is 0 Å². The Balaban J connectivity index is 1.65. The Bertz CT molecular complexity index is 837. The van der Waals surface area contributed by atoms with E-state index in [1.165, 1.54) is 4.88 Å². The summed E-state index contributed by atoms with van der Waals surface area (Å²) in [5.41, 5.74) is 4.77. The summed E-state index contributed by atoms with van der Waals surface area (Å²) in [7, 11) is 0. The Morgan fingerprint density at radius 2 is 2.08 bits per heavy atom. The number of nitrogens with one attached hydrogen (secondary N) is 1. The van der Waals surface area contributed by atoms with Gasteiger partial charge in [0.1, 0.15) is 5.82 Å². The molecule has 5 nitrogen and oxygen atoms in total. The molecule has 0 unspecified atom stereocenters. The van der Waals surface area contributed by atoms with Crippen molar-refractivity contribution in [3.8, 4) is 0 Å². The summed E-state index contributed by atoms with van der Waals surface area (Å²) in [5.74, 6) is 0.981. The Morgan fingerprint density at radius 1 is 1.25 bits per heavy atom. The normalized spacial score (nSPS) is 10.8. The molecule has 1 amide bonds. The van der Waals surface area contributed by atoms with Crippen molar-refractivity contribution in [2.45, 2.75) is 33.2 Å². The van der Waals surface area contributed by atoms with Crippen LogP contribution in [0.5, 0.6) is 0 Å². The summed E-state index contributed by atoms with van der Waals surface area (Å²) in [6, 6.07) is 7.89. The molecule has 2 heterocycles. The van der Waals surface area contributed by atoms with Gasteiger partial charge in [-0.15, -0.1) is 11.3 Å². The van der Waals surface area contributed by atoms with Gasteiger partial charge in [-0.05, 0) is 31.9 Å². The lowest BCUT2D eigenvalue weighted by Crippen LogP contribution is -2.14. The smallest absolute Gasteiger partial charge is 0.224 e. The molecular weight excluding hydrogens is 320 g/mol. The number of thiazole rings is 1. The van der Waals surface area contributed by atoms with Crippen molar-refractivity contribution in [2.24, 2.45) is 0 Å². The molecular formula is C18H20N4OS. The molecule has 3 aromatic rings. The van der Waals surface area contributed by atoms with Gasteiger partial charge in [0.15, 0.2) is 0 Å². The van der Waals surface area contributed by atoms with E-state index in [4.69, 9.17) is 0 Å². The van der Waals surface area contributed by atoms with Gasteiger partial charge in [0.2, 0.25) is 5.91 Å². The molecule has 0 atom stereocenters. The van der Waals surface area contributed by atoms with Crippen molar-refractivity contribution in [2.75, 3.05) is 5.32 Å². The Hall–Kier alpha value is -2.47. The third-order valence-electron chi connectivity index (χ3n) is 3.98. The first-order valence-corrected chi connectivity index (χ1v) is 8.76. The van der Waals surface area contributed by atoms with Gasteiger partial charge in [0.25, 0.3) is 0 Å². The molecule has 6 heteroatoms. The van der Waals surface area contributed by atoms with Crippen molar-refractivity contribution < 1.29 is 4.79 Å². The topological polar surface area (TPSA) is 59.8 Å². The molecule has 0 spiro atoms. The van der Waals surface area contributed by atoms with E-state index < -0.39 is 0 Å². The van der Waals surface area contributed by atoms with E-state index in [9.17, 15) is 4.79 Å². The fourth-order valence-electron chi connectivity index (χ4n) is 2.54. The second-order valence-electron chi connectivity index (χ2n) is 5.67. The van der Waals surface area contributed by atoms with Gasteiger partial charge in [0, 0.05) is 29.4 Å². The standard InChI is InChI=1S/C18H20N4OS/c1-13-17(24-12-20-13)7-8-18(23)21-16-6-4-3-5-15(16)11-22-10-9-19-14(22)2/h3-6,9-10,12H,7-8,11H2,1-2H3,(H,21,23). The number of carbonyl (C=O) groups excluding carboxylic acids is 1. The highest BCUT2D eigenvalue weighted by molar-refractivity contribution is 7.09. The molecule has 0 bridgehead atoms. The second kappa shape index (κ2) is 7.40. The van der Waals surface area contributed by atoms with Gasteiger partial charge in [-0.2, -0.15) is 0 Å². The highest BCUT2D eigenvalue weighted by Crippen LogP contribution is 2.19. The molecule has 0 fully saturated rings. The maximum atomic E-state index is 12.3. The van der Waals surface area contributed by atoms with Crippen LogP contribution in [0, 0.1) is 13.8 Å². The van der Waals surface area contributed by atoms with E-state index in [0.29, 0.717) is 13.0 Å². The van der Waals surface area contributed by atoms with E-state index in [2.05, 4.69) is 19.9 Å². The zero-order chi connectivity index (χ0) is 16.9. The predicted molar refractivity (Wildman–Crippen MR) is 96.3 cm³/mol. The maximum Gasteiger partial charge on any atom is 0.224 e. The van der Waals surface area contributed by atoms with E-state index in [0.717, 1.165) is 29.2 Å². The summed E-state index contributed by atoms with van der Waals surface area (Å²) < 4.78 is 2.06. The van der Waals surface area contributed by atoms with Crippen LogP contribution in [-0.4, -0.2) is 20.4 Å². The molecule has 0 saturated carbocycles. The first kappa shape index (κ1) is 16.4. The van der Waals surface area contributed by atoms with E-state index >= 15 is 0 Å². The van der Waals surface area contributed by atoms with E-state index in [-0.39, 0.29) is 5.91 Å². The molecule has 1 aromatic carbocycles. The largest absolute Gasteiger partial charge is 0.331 e. The lowest BCUT2D eigenvalue weighted by Gasteiger charge is -2.12. The van der Waals surface area contributed by atoms with Gasteiger partial charge in [-0.3, -0.25) is 4.79 Å². The van der Waals surface area contributed by atoms with Gasteiger partial charge < -0.3 is 9.88 Å². The number of rotatable bonds is 6. The molecule has 24 heavy (non-hydrogen) atoms. The molecule has 1 N–H and O–H groups in total. The number of nitrogens with zero attached hydrogens (tertiary/aromatic N) is 3. The van der Waals surface area contributed by atoms with Crippen LogP contribution < -0.4 is 5.32 Å². The average molecular weight is 340 g/mol. The summed E-state index contributed by atoms with van der Waals surface area (Å²) >= 11 is 1.60. The molecule has 0 saturated heterocycles. The molecule has 124 valence electrons. The minimum absolute atomic E-state index is 0.0256. The number of benzene rings is 1. The van der Waals surface area contributed by atoms with Crippen molar-refractivity contribution >= 4 is 22.9 Å². The highest BCUT2D eigenvalue weighted by Gasteiger charge is 2.10. The van der Waals surface area contributed by atoms with Crippen LogP contribution in [-0.2, 0) is 17.8 Å². The quantitative estimate of drug-likeness (QED) is 0.746. The Labute approximate surface area is 145 Å². The Morgan fingerprint density at radius 3 is 2.79 bits per heavy atom.